The largest absolute Gasteiger partial charge is 0.298 e. The number of hydrogen-bond donors (Lipinski definition) is 0. The standard InChI is InChI=1S/C7H8Br2N2O/c1-11-4-5(7(9)10-11)2-6(12)3-8/h4H,2-3H2,1H3. The van der Waals surface area contributed by atoms with Gasteiger partial charge in [0.15, 0.2) is 0 Å². The van der Waals surface area contributed by atoms with Crippen molar-refractivity contribution in [3.05, 3.63) is 16.4 Å². The maximum Gasteiger partial charge on any atom is 0.147 e. The number of aromatic nitrogens is 2. The minimum absolute atomic E-state index is 0.156. The van der Waals surface area contributed by atoms with E-state index in [4.69, 9.17) is 0 Å². The number of ketones is 1. The van der Waals surface area contributed by atoms with Crippen molar-refractivity contribution in [1.29, 1.82) is 0 Å². The summed E-state index contributed by atoms with van der Waals surface area (Å²) in [5.74, 6) is 0.156. The molecular formula is C7H8Br2N2O. The summed E-state index contributed by atoms with van der Waals surface area (Å²) in [5, 5.41) is 4.46. The Bertz CT molecular complexity index is 296. The van der Waals surface area contributed by atoms with Gasteiger partial charge in [0.1, 0.15) is 10.4 Å². The zero-order chi connectivity index (χ0) is 9.14. The van der Waals surface area contributed by atoms with Crippen molar-refractivity contribution in [1.82, 2.24) is 9.78 Å². The quantitative estimate of drug-likeness (QED) is 0.796. The molecule has 0 bridgehead atoms. The maximum atomic E-state index is 11.0. The predicted octanol–water partition coefficient (Wildman–Crippen LogP) is 1.69. The Kier molecular flexibility index (Phi) is 3.46. The minimum atomic E-state index is 0.156. The van der Waals surface area contributed by atoms with E-state index in [9.17, 15) is 4.79 Å². The summed E-state index contributed by atoms with van der Waals surface area (Å²) >= 11 is 6.39. The van der Waals surface area contributed by atoms with Gasteiger partial charge in [0, 0.05) is 25.2 Å². The van der Waals surface area contributed by atoms with Crippen LogP contribution in [0.15, 0.2) is 10.8 Å². The average Bonchev–Trinajstić information content (AvgIpc) is 2.30. The molecule has 66 valence electrons. The molecule has 0 radical (unpaired) electrons. The first-order chi connectivity index (χ1) is 5.63. The molecule has 0 saturated carbocycles. The van der Waals surface area contributed by atoms with Gasteiger partial charge in [-0.25, -0.2) is 0 Å². The van der Waals surface area contributed by atoms with Crippen molar-refractivity contribution in [2.75, 3.05) is 5.33 Å². The third kappa shape index (κ3) is 2.42. The van der Waals surface area contributed by atoms with Crippen LogP contribution >= 0.6 is 31.9 Å². The molecule has 0 saturated heterocycles. The molecule has 1 heterocycles. The zero-order valence-corrected chi connectivity index (χ0v) is 9.72. The van der Waals surface area contributed by atoms with Crippen molar-refractivity contribution in [3.8, 4) is 0 Å². The van der Waals surface area contributed by atoms with Crippen LogP contribution in [0.3, 0.4) is 0 Å². The molecule has 0 spiro atoms. The molecule has 1 rings (SSSR count). The molecule has 1 aromatic heterocycles. The Morgan fingerprint density at radius 3 is 2.83 bits per heavy atom. The van der Waals surface area contributed by atoms with Gasteiger partial charge in [-0.15, -0.1) is 0 Å². The van der Waals surface area contributed by atoms with E-state index in [1.165, 1.54) is 0 Å². The maximum absolute atomic E-state index is 11.0. The number of Topliss-reactive ketones (excluding diaryl/α,β-unsaturated/α-hetero) is 1. The van der Waals surface area contributed by atoms with Crippen LogP contribution in [0, 0.1) is 0 Å². The highest BCUT2D eigenvalue weighted by Gasteiger charge is 2.08. The van der Waals surface area contributed by atoms with Gasteiger partial charge in [-0.2, -0.15) is 5.10 Å². The lowest BCUT2D eigenvalue weighted by atomic mass is 10.2. The fraction of sp³-hybridized carbons (Fsp3) is 0.429. The average molecular weight is 296 g/mol. The Labute approximate surface area is 87.4 Å². The lowest BCUT2D eigenvalue weighted by Gasteiger charge is -1.92. The highest BCUT2D eigenvalue weighted by atomic mass is 79.9. The summed E-state index contributed by atoms with van der Waals surface area (Å²) in [4.78, 5) is 11.0. The SMILES string of the molecule is Cn1cc(CC(=O)CBr)c(Br)n1. The topological polar surface area (TPSA) is 34.9 Å². The van der Waals surface area contributed by atoms with E-state index in [0.29, 0.717) is 11.8 Å². The zero-order valence-electron chi connectivity index (χ0n) is 6.55. The summed E-state index contributed by atoms with van der Waals surface area (Å²) < 4.78 is 2.43. The predicted molar refractivity (Wildman–Crippen MR) is 53.4 cm³/mol. The van der Waals surface area contributed by atoms with Crippen molar-refractivity contribution in [2.45, 2.75) is 6.42 Å². The molecule has 0 amide bonds. The lowest BCUT2D eigenvalue weighted by Crippen LogP contribution is -2.02. The second kappa shape index (κ2) is 4.18. The summed E-state index contributed by atoms with van der Waals surface area (Å²) in [6, 6.07) is 0. The van der Waals surface area contributed by atoms with E-state index in [1.807, 2.05) is 13.2 Å². The number of nitrogens with zero attached hydrogens (tertiary/aromatic N) is 2. The second-order valence-electron chi connectivity index (χ2n) is 2.47. The molecule has 3 nitrogen and oxygen atoms in total. The normalized spacial score (nSPS) is 10.2. The highest BCUT2D eigenvalue weighted by molar-refractivity contribution is 9.10. The fourth-order valence-corrected chi connectivity index (χ4v) is 1.58. The molecule has 1 aromatic rings. The molecule has 0 aromatic carbocycles. The van der Waals surface area contributed by atoms with E-state index in [-0.39, 0.29) is 5.78 Å². The number of carbonyl (C=O) groups is 1. The molecule has 0 fully saturated rings. The van der Waals surface area contributed by atoms with Crippen LogP contribution in [0.5, 0.6) is 0 Å². The number of halogens is 2. The first kappa shape index (κ1) is 9.92. The number of rotatable bonds is 3. The fourth-order valence-electron chi connectivity index (χ4n) is 0.889. The van der Waals surface area contributed by atoms with E-state index in [0.717, 1.165) is 10.2 Å². The van der Waals surface area contributed by atoms with Gasteiger partial charge in [0.25, 0.3) is 0 Å². The monoisotopic (exact) mass is 294 g/mol. The molecular weight excluding hydrogens is 288 g/mol. The van der Waals surface area contributed by atoms with Gasteiger partial charge in [0.05, 0.1) is 5.33 Å². The van der Waals surface area contributed by atoms with Gasteiger partial charge in [-0.1, -0.05) is 15.9 Å². The molecule has 0 atom stereocenters. The number of hydrogen-bond acceptors (Lipinski definition) is 2. The summed E-state index contributed by atoms with van der Waals surface area (Å²) in [7, 11) is 1.83. The summed E-state index contributed by atoms with van der Waals surface area (Å²) in [5.41, 5.74) is 0.932. The van der Waals surface area contributed by atoms with Crippen LogP contribution in [-0.4, -0.2) is 20.9 Å². The van der Waals surface area contributed by atoms with Gasteiger partial charge in [-0.05, 0) is 15.9 Å². The van der Waals surface area contributed by atoms with E-state index >= 15 is 0 Å². The van der Waals surface area contributed by atoms with E-state index < -0.39 is 0 Å². The van der Waals surface area contributed by atoms with Crippen molar-refractivity contribution >= 4 is 37.6 Å². The van der Waals surface area contributed by atoms with Crippen LogP contribution in [0.4, 0.5) is 0 Å². The molecule has 0 aliphatic carbocycles. The van der Waals surface area contributed by atoms with Crippen LogP contribution in [0.2, 0.25) is 0 Å². The van der Waals surface area contributed by atoms with E-state index in [2.05, 4.69) is 37.0 Å². The number of alkyl halides is 1. The van der Waals surface area contributed by atoms with Crippen LogP contribution < -0.4 is 0 Å². The number of carbonyl (C=O) groups excluding carboxylic acids is 1. The molecule has 5 heteroatoms. The Hall–Kier alpha value is -0.160. The summed E-state index contributed by atoms with van der Waals surface area (Å²) in [6.07, 6.45) is 2.27. The van der Waals surface area contributed by atoms with Crippen molar-refractivity contribution in [3.63, 3.8) is 0 Å². The van der Waals surface area contributed by atoms with E-state index in [1.54, 1.807) is 4.68 Å². The first-order valence-electron chi connectivity index (χ1n) is 3.39. The lowest BCUT2D eigenvalue weighted by molar-refractivity contribution is -0.115. The van der Waals surface area contributed by atoms with Gasteiger partial charge >= 0.3 is 0 Å². The van der Waals surface area contributed by atoms with Crippen LogP contribution in [0.1, 0.15) is 5.56 Å². The van der Waals surface area contributed by atoms with Gasteiger partial charge < -0.3 is 0 Å². The Morgan fingerprint density at radius 1 is 1.75 bits per heavy atom. The Balaban J connectivity index is 2.75. The van der Waals surface area contributed by atoms with Crippen LogP contribution in [-0.2, 0) is 18.3 Å². The third-order valence-corrected chi connectivity index (χ3v) is 2.68. The third-order valence-electron chi connectivity index (χ3n) is 1.39. The second-order valence-corrected chi connectivity index (χ2v) is 3.78. The minimum Gasteiger partial charge on any atom is -0.298 e. The molecule has 12 heavy (non-hydrogen) atoms. The van der Waals surface area contributed by atoms with Crippen LogP contribution in [0.25, 0.3) is 0 Å². The smallest absolute Gasteiger partial charge is 0.147 e. The van der Waals surface area contributed by atoms with Gasteiger partial charge in [0.2, 0.25) is 0 Å². The molecule has 0 unspecified atom stereocenters. The Morgan fingerprint density at radius 2 is 2.42 bits per heavy atom. The van der Waals surface area contributed by atoms with Crippen molar-refractivity contribution in [2.24, 2.45) is 7.05 Å². The first-order valence-corrected chi connectivity index (χ1v) is 5.30. The van der Waals surface area contributed by atoms with Crippen molar-refractivity contribution < 1.29 is 4.79 Å². The highest BCUT2D eigenvalue weighted by Crippen LogP contribution is 2.14. The van der Waals surface area contributed by atoms with Gasteiger partial charge in [-0.3, -0.25) is 9.48 Å². The molecule has 0 aliphatic rings. The molecule has 0 aliphatic heterocycles. The number of aryl methyl sites for hydroxylation is 1. The molecule has 0 N–H and O–H groups in total. The summed E-state index contributed by atoms with van der Waals surface area (Å²) in [6.45, 7) is 0.